The number of nitrogens with one attached hydrogen (secondary N) is 1. The zero-order chi connectivity index (χ0) is 14.8. The number of nitrogens with zero attached hydrogens (tertiary/aromatic N) is 3. The van der Waals surface area contributed by atoms with Crippen LogP contribution in [0.3, 0.4) is 0 Å². The summed E-state index contributed by atoms with van der Waals surface area (Å²) in [5, 5.41) is 24.7. The molecule has 0 aliphatic carbocycles. The van der Waals surface area contributed by atoms with Gasteiger partial charge >= 0.3 is 0 Å². The highest BCUT2D eigenvalue weighted by Crippen LogP contribution is 2.33. The van der Waals surface area contributed by atoms with Crippen molar-refractivity contribution in [3.8, 4) is 23.6 Å². The number of hydrogen-bond donors (Lipinski definition) is 2. The fraction of sp³-hybridized carbons (Fsp3) is 0.0714. The lowest BCUT2D eigenvalue weighted by Gasteiger charge is -2.00. The monoisotopic (exact) mass is 279 g/mol. The van der Waals surface area contributed by atoms with E-state index in [0.29, 0.717) is 17.2 Å². The molecule has 1 aromatic carbocycles. The van der Waals surface area contributed by atoms with Gasteiger partial charge in [-0.25, -0.2) is 0 Å². The second kappa shape index (κ2) is 4.91. The highest BCUT2D eigenvalue weighted by atomic mass is 16.7. The van der Waals surface area contributed by atoms with Gasteiger partial charge in [0, 0.05) is 0 Å². The van der Waals surface area contributed by atoms with Gasteiger partial charge < -0.3 is 15.2 Å². The first-order chi connectivity index (χ1) is 10.2. The summed E-state index contributed by atoms with van der Waals surface area (Å²) in [5.74, 6) is 1.35. The average molecular weight is 279 g/mol. The topological polar surface area (TPSA) is 121 Å². The number of rotatable bonds is 2. The predicted octanol–water partition coefficient (Wildman–Crippen LogP) is 1.66. The third kappa shape index (κ3) is 2.13. The third-order valence-electron chi connectivity index (χ3n) is 3.00. The first-order valence-electron chi connectivity index (χ1n) is 5.98. The Hall–Kier alpha value is -3.45. The molecule has 0 amide bonds. The maximum Gasteiger partial charge on any atom is 0.231 e. The van der Waals surface area contributed by atoms with Crippen LogP contribution in [0.25, 0.3) is 11.6 Å². The highest BCUT2D eigenvalue weighted by molar-refractivity contribution is 5.91. The molecule has 0 saturated carbocycles. The molecule has 2 heterocycles. The van der Waals surface area contributed by atoms with E-state index in [1.165, 1.54) is 0 Å². The van der Waals surface area contributed by atoms with Crippen molar-refractivity contribution in [3.63, 3.8) is 0 Å². The van der Waals surface area contributed by atoms with E-state index in [9.17, 15) is 5.26 Å². The van der Waals surface area contributed by atoms with Crippen LogP contribution < -0.4 is 15.2 Å². The standard InChI is InChI=1S/C14H9N5O2/c15-5-9(13-10(6-16)14(17)19-18-13)3-8-1-2-11-12(4-8)21-7-20-11/h1-4H,7H2,(H3,17,18,19)/b9-3-. The summed E-state index contributed by atoms with van der Waals surface area (Å²) in [5.41, 5.74) is 7.03. The molecule has 0 atom stereocenters. The van der Waals surface area contributed by atoms with Gasteiger partial charge in [0.25, 0.3) is 0 Å². The maximum atomic E-state index is 9.29. The van der Waals surface area contributed by atoms with Crippen LogP contribution in [0.5, 0.6) is 11.5 Å². The second-order valence-electron chi connectivity index (χ2n) is 4.25. The number of benzene rings is 1. The molecule has 1 aromatic heterocycles. The number of H-pyrrole nitrogens is 1. The van der Waals surface area contributed by atoms with Gasteiger partial charge in [0.2, 0.25) is 6.79 Å². The van der Waals surface area contributed by atoms with Crippen LogP contribution in [0, 0.1) is 22.7 Å². The molecule has 0 fully saturated rings. The molecular weight excluding hydrogens is 270 g/mol. The predicted molar refractivity (Wildman–Crippen MR) is 73.8 cm³/mol. The molecule has 3 N–H and O–H groups in total. The Kier molecular flexibility index (Phi) is 2.94. The van der Waals surface area contributed by atoms with Gasteiger partial charge in [-0.1, -0.05) is 6.07 Å². The van der Waals surface area contributed by atoms with Crippen molar-refractivity contribution >= 4 is 17.5 Å². The van der Waals surface area contributed by atoms with Crippen LogP contribution in [0.4, 0.5) is 5.82 Å². The van der Waals surface area contributed by atoms with E-state index in [4.69, 9.17) is 20.5 Å². The highest BCUT2D eigenvalue weighted by Gasteiger charge is 2.16. The molecule has 7 nitrogen and oxygen atoms in total. The van der Waals surface area contributed by atoms with Crippen LogP contribution in [-0.4, -0.2) is 17.0 Å². The van der Waals surface area contributed by atoms with Gasteiger partial charge in [0.1, 0.15) is 17.7 Å². The molecule has 7 heteroatoms. The quantitative estimate of drug-likeness (QED) is 0.806. The fourth-order valence-corrected chi connectivity index (χ4v) is 1.99. The minimum absolute atomic E-state index is 0.0688. The number of allylic oxidation sites excluding steroid dienone is 1. The molecule has 21 heavy (non-hydrogen) atoms. The van der Waals surface area contributed by atoms with Crippen molar-refractivity contribution in [1.29, 1.82) is 10.5 Å². The number of nitriles is 2. The van der Waals surface area contributed by atoms with Gasteiger partial charge in [0.15, 0.2) is 17.3 Å². The number of anilines is 1. The molecule has 1 aliphatic rings. The van der Waals surface area contributed by atoms with Crippen LogP contribution in [-0.2, 0) is 0 Å². The zero-order valence-corrected chi connectivity index (χ0v) is 10.8. The summed E-state index contributed by atoms with van der Waals surface area (Å²) in [4.78, 5) is 0. The lowest BCUT2D eigenvalue weighted by molar-refractivity contribution is 0.174. The van der Waals surface area contributed by atoms with E-state index in [1.54, 1.807) is 24.3 Å². The van der Waals surface area contributed by atoms with Crippen molar-refractivity contribution in [2.45, 2.75) is 0 Å². The maximum absolute atomic E-state index is 9.29. The second-order valence-corrected chi connectivity index (χ2v) is 4.25. The lowest BCUT2D eigenvalue weighted by atomic mass is 10.1. The van der Waals surface area contributed by atoms with E-state index >= 15 is 0 Å². The molecule has 102 valence electrons. The molecule has 0 saturated heterocycles. The van der Waals surface area contributed by atoms with E-state index < -0.39 is 0 Å². The number of hydrogen-bond acceptors (Lipinski definition) is 6. The number of fused-ring (bicyclic) bond motifs is 1. The number of aromatic nitrogens is 2. The van der Waals surface area contributed by atoms with E-state index in [-0.39, 0.29) is 23.7 Å². The average Bonchev–Trinajstić information content (AvgIpc) is 3.10. The molecule has 0 spiro atoms. The Bertz CT molecular complexity index is 823. The largest absolute Gasteiger partial charge is 0.454 e. The smallest absolute Gasteiger partial charge is 0.231 e. The Morgan fingerprint density at radius 1 is 1.33 bits per heavy atom. The van der Waals surface area contributed by atoms with Gasteiger partial charge in [-0.05, 0) is 23.8 Å². The van der Waals surface area contributed by atoms with Gasteiger partial charge in [-0.3, -0.25) is 5.10 Å². The molecule has 0 radical (unpaired) electrons. The van der Waals surface area contributed by atoms with Crippen LogP contribution >= 0.6 is 0 Å². The fourth-order valence-electron chi connectivity index (χ4n) is 1.99. The van der Waals surface area contributed by atoms with Crippen molar-refractivity contribution in [2.75, 3.05) is 12.5 Å². The normalized spacial score (nSPS) is 12.8. The number of ether oxygens (including phenoxy) is 2. The number of nitrogen functional groups attached to an aromatic ring is 1. The first kappa shape index (κ1) is 12.6. The summed E-state index contributed by atoms with van der Waals surface area (Å²) in [6.45, 7) is 0.184. The molecule has 1 aliphatic heterocycles. The summed E-state index contributed by atoms with van der Waals surface area (Å²) >= 11 is 0. The Balaban J connectivity index is 2.04. The lowest BCUT2D eigenvalue weighted by Crippen LogP contribution is -1.92. The number of nitrogens with two attached hydrogens (primary N) is 1. The molecule has 2 aromatic rings. The van der Waals surface area contributed by atoms with Gasteiger partial charge in [-0.15, -0.1) is 0 Å². The molecule has 0 unspecified atom stereocenters. The molecular formula is C14H9N5O2. The van der Waals surface area contributed by atoms with Crippen LogP contribution in [0.2, 0.25) is 0 Å². The first-order valence-corrected chi connectivity index (χ1v) is 5.98. The summed E-state index contributed by atoms with van der Waals surface area (Å²) in [6.07, 6.45) is 1.62. The Morgan fingerprint density at radius 3 is 2.90 bits per heavy atom. The summed E-state index contributed by atoms with van der Waals surface area (Å²) < 4.78 is 10.5. The third-order valence-corrected chi connectivity index (χ3v) is 3.00. The van der Waals surface area contributed by atoms with E-state index in [1.807, 2.05) is 12.1 Å². The van der Waals surface area contributed by atoms with E-state index in [2.05, 4.69) is 10.2 Å². The zero-order valence-electron chi connectivity index (χ0n) is 10.8. The van der Waals surface area contributed by atoms with Crippen molar-refractivity contribution in [2.24, 2.45) is 0 Å². The van der Waals surface area contributed by atoms with Crippen LogP contribution in [0.1, 0.15) is 16.8 Å². The molecule has 3 rings (SSSR count). The molecule has 0 bridgehead atoms. The Morgan fingerprint density at radius 2 is 2.14 bits per heavy atom. The van der Waals surface area contributed by atoms with Gasteiger partial charge in [0.05, 0.1) is 11.3 Å². The number of aromatic amines is 1. The van der Waals surface area contributed by atoms with Crippen molar-refractivity contribution in [1.82, 2.24) is 10.2 Å². The minimum Gasteiger partial charge on any atom is -0.454 e. The van der Waals surface area contributed by atoms with Gasteiger partial charge in [-0.2, -0.15) is 15.6 Å². The Labute approximate surface area is 119 Å². The van der Waals surface area contributed by atoms with Crippen molar-refractivity contribution in [3.05, 3.63) is 35.0 Å². The summed E-state index contributed by atoms with van der Waals surface area (Å²) in [6, 6.07) is 9.27. The van der Waals surface area contributed by atoms with Crippen molar-refractivity contribution < 1.29 is 9.47 Å². The summed E-state index contributed by atoms with van der Waals surface area (Å²) in [7, 11) is 0. The minimum atomic E-state index is 0.0688. The van der Waals surface area contributed by atoms with E-state index in [0.717, 1.165) is 5.56 Å². The van der Waals surface area contributed by atoms with Crippen LogP contribution in [0.15, 0.2) is 18.2 Å². The SMILES string of the molecule is N#C/C(=C/c1ccc2c(c1)OCO2)c1[nH]nc(N)c1C#N.